The highest BCUT2D eigenvalue weighted by atomic mass is 19.4. The van der Waals surface area contributed by atoms with Crippen molar-refractivity contribution in [1.82, 2.24) is 5.32 Å². The molecule has 0 aromatic heterocycles. The molecule has 0 aliphatic heterocycles. The van der Waals surface area contributed by atoms with Crippen LogP contribution in [0.3, 0.4) is 0 Å². The summed E-state index contributed by atoms with van der Waals surface area (Å²) >= 11 is 0. The van der Waals surface area contributed by atoms with E-state index in [1.807, 2.05) is 0 Å². The van der Waals surface area contributed by atoms with E-state index >= 15 is 0 Å². The molecule has 0 amide bonds. The third-order valence-corrected chi connectivity index (χ3v) is 2.16. The molecule has 17 heavy (non-hydrogen) atoms. The summed E-state index contributed by atoms with van der Waals surface area (Å²) < 4.78 is 48.3. The molecule has 0 radical (unpaired) electrons. The van der Waals surface area contributed by atoms with E-state index in [-0.39, 0.29) is 19.5 Å². The van der Waals surface area contributed by atoms with Crippen molar-refractivity contribution in [2.75, 3.05) is 6.54 Å². The van der Waals surface area contributed by atoms with Gasteiger partial charge in [0.05, 0.1) is 0 Å². The van der Waals surface area contributed by atoms with Crippen molar-refractivity contribution >= 4 is 0 Å². The van der Waals surface area contributed by atoms with Crippen molar-refractivity contribution in [3.8, 4) is 5.75 Å². The smallest absolute Gasteiger partial charge is 0.389 e. The van der Waals surface area contributed by atoms with Crippen molar-refractivity contribution < 1.29 is 22.7 Å². The van der Waals surface area contributed by atoms with Crippen LogP contribution in [0.25, 0.3) is 0 Å². The topological polar surface area (TPSA) is 32.3 Å². The number of phenols is 1. The lowest BCUT2D eigenvalue weighted by molar-refractivity contribution is -0.135. The molecule has 0 atom stereocenters. The minimum Gasteiger partial charge on any atom is -0.505 e. The maximum Gasteiger partial charge on any atom is 0.389 e. The first kappa shape index (κ1) is 13.8. The van der Waals surface area contributed by atoms with Gasteiger partial charge in [0.15, 0.2) is 11.6 Å². The predicted molar refractivity (Wildman–Crippen MR) is 55.1 cm³/mol. The van der Waals surface area contributed by atoms with Crippen LogP contribution >= 0.6 is 0 Å². The fourth-order valence-electron chi connectivity index (χ4n) is 1.31. The molecule has 0 saturated heterocycles. The number of aromatic hydroxyl groups is 1. The highest BCUT2D eigenvalue weighted by Crippen LogP contribution is 2.20. The second-order valence-electron chi connectivity index (χ2n) is 3.68. The molecule has 0 fully saturated rings. The molecule has 2 N–H and O–H groups in total. The van der Waals surface area contributed by atoms with Crippen molar-refractivity contribution in [2.45, 2.75) is 25.6 Å². The van der Waals surface area contributed by atoms with Gasteiger partial charge < -0.3 is 10.4 Å². The van der Waals surface area contributed by atoms with E-state index in [4.69, 9.17) is 5.11 Å². The van der Waals surface area contributed by atoms with Gasteiger partial charge >= 0.3 is 6.18 Å². The lowest BCUT2D eigenvalue weighted by atomic mass is 10.2. The summed E-state index contributed by atoms with van der Waals surface area (Å²) in [6, 6.07) is 3.86. The monoisotopic (exact) mass is 251 g/mol. The summed E-state index contributed by atoms with van der Waals surface area (Å²) in [5, 5.41) is 11.7. The number of benzene rings is 1. The van der Waals surface area contributed by atoms with Gasteiger partial charge in [-0.1, -0.05) is 6.07 Å². The van der Waals surface area contributed by atoms with Gasteiger partial charge in [-0.3, -0.25) is 0 Å². The van der Waals surface area contributed by atoms with Gasteiger partial charge in [0.2, 0.25) is 0 Å². The van der Waals surface area contributed by atoms with Crippen LogP contribution in [-0.4, -0.2) is 17.8 Å². The largest absolute Gasteiger partial charge is 0.505 e. The molecule has 0 aliphatic rings. The molecule has 1 rings (SSSR count). The first-order valence-corrected chi connectivity index (χ1v) is 5.13. The van der Waals surface area contributed by atoms with Crippen molar-refractivity contribution in [1.29, 1.82) is 0 Å². The number of rotatable bonds is 5. The quantitative estimate of drug-likeness (QED) is 0.623. The van der Waals surface area contributed by atoms with Gasteiger partial charge in [-0.05, 0) is 30.7 Å². The third-order valence-electron chi connectivity index (χ3n) is 2.16. The van der Waals surface area contributed by atoms with Crippen LogP contribution in [0.5, 0.6) is 5.75 Å². The first-order chi connectivity index (χ1) is 7.88. The molecule has 2 nitrogen and oxygen atoms in total. The Labute approximate surface area is 96.3 Å². The molecule has 0 bridgehead atoms. The van der Waals surface area contributed by atoms with Crippen LogP contribution in [-0.2, 0) is 6.54 Å². The average molecular weight is 251 g/mol. The zero-order chi connectivity index (χ0) is 12.9. The first-order valence-electron chi connectivity index (χ1n) is 5.13. The fourth-order valence-corrected chi connectivity index (χ4v) is 1.31. The van der Waals surface area contributed by atoms with E-state index in [9.17, 15) is 17.6 Å². The van der Waals surface area contributed by atoms with Crippen molar-refractivity contribution in [2.24, 2.45) is 0 Å². The molecule has 6 heteroatoms. The van der Waals surface area contributed by atoms with E-state index in [0.29, 0.717) is 5.56 Å². The van der Waals surface area contributed by atoms with Crippen LogP contribution in [0, 0.1) is 5.82 Å². The number of nitrogens with one attached hydrogen (secondary N) is 1. The zero-order valence-electron chi connectivity index (χ0n) is 9.02. The Morgan fingerprint density at radius 2 is 1.94 bits per heavy atom. The summed E-state index contributed by atoms with van der Waals surface area (Å²) in [6.07, 6.45) is -4.97. The summed E-state index contributed by atoms with van der Waals surface area (Å²) in [7, 11) is 0. The van der Waals surface area contributed by atoms with Gasteiger partial charge in [0, 0.05) is 13.0 Å². The fraction of sp³-hybridized carbons (Fsp3) is 0.455. The molecule has 0 heterocycles. The molecular weight excluding hydrogens is 238 g/mol. The van der Waals surface area contributed by atoms with Gasteiger partial charge in [-0.15, -0.1) is 0 Å². The van der Waals surface area contributed by atoms with E-state index in [2.05, 4.69) is 5.32 Å². The summed E-state index contributed by atoms with van der Waals surface area (Å²) in [4.78, 5) is 0. The Bertz CT molecular complexity index is 365. The lowest BCUT2D eigenvalue weighted by Gasteiger charge is -2.07. The van der Waals surface area contributed by atoms with Crippen LogP contribution in [0.2, 0.25) is 0 Å². The van der Waals surface area contributed by atoms with E-state index in [0.717, 1.165) is 6.07 Å². The molecular formula is C11H13F4NO. The summed E-state index contributed by atoms with van der Waals surface area (Å²) in [6.45, 7) is 0.483. The van der Waals surface area contributed by atoms with Crippen molar-refractivity contribution in [3.63, 3.8) is 0 Å². The van der Waals surface area contributed by atoms with Gasteiger partial charge in [-0.25, -0.2) is 4.39 Å². The zero-order valence-corrected chi connectivity index (χ0v) is 9.02. The maximum atomic E-state index is 12.9. The van der Waals surface area contributed by atoms with Gasteiger partial charge in [0.1, 0.15) is 0 Å². The van der Waals surface area contributed by atoms with E-state index < -0.39 is 24.2 Å². The van der Waals surface area contributed by atoms with Crippen LogP contribution < -0.4 is 5.32 Å². The summed E-state index contributed by atoms with van der Waals surface area (Å²) in [5.74, 6) is -1.18. The highest BCUT2D eigenvalue weighted by Gasteiger charge is 2.25. The van der Waals surface area contributed by atoms with Crippen LogP contribution in [0.15, 0.2) is 18.2 Å². The SMILES string of the molecule is Oc1ccc(CNCCCC(F)(F)F)cc1F. The van der Waals surface area contributed by atoms with Gasteiger partial charge in [0.25, 0.3) is 0 Å². The molecule has 1 aromatic carbocycles. The molecule has 0 aliphatic carbocycles. The lowest BCUT2D eigenvalue weighted by Crippen LogP contribution is -2.17. The summed E-state index contributed by atoms with van der Waals surface area (Å²) in [5.41, 5.74) is 0.576. The molecule has 0 spiro atoms. The molecule has 0 saturated carbocycles. The second-order valence-corrected chi connectivity index (χ2v) is 3.68. The Hall–Kier alpha value is -1.30. The number of hydrogen-bond donors (Lipinski definition) is 2. The Kier molecular flexibility index (Phi) is 4.74. The van der Waals surface area contributed by atoms with Gasteiger partial charge in [-0.2, -0.15) is 13.2 Å². The third kappa shape index (κ3) is 5.53. The van der Waals surface area contributed by atoms with E-state index in [1.54, 1.807) is 0 Å². The number of phenolic OH excluding ortho intramolecular Hbond substituents is 1. The minimum absolute atomic E-state index is 0.00986. The van der Waals surface area contributed by atoms with Crippen molar-refractivity contribution in [3.05, 3.63) is 29.6 Å². The predicted octanol–water partition coefficient (Wildman–Crippen LogP) is 2.96. The molecule has 0 unspecified atom stereocenters. The van der Waals surface area contributed by atoms with Crippen LogP contribution in [0.1, 0.15) is 18.4 Å². The number of alkyl halides is 3. The number of halogens is 4. The van der Waals surface area contributed by atoms with E-state index in [1.165, 1.54) is 12.1 Å². The second kappa shape index (κ2) is 5.86. The minimum atomic E-state index is -4.13. The molecule has 1 aromatic rings. The Morgan fingerprint density at radius 3 is 2.53 bits per heavy atom. The normalized spacial score (nSPS) is 11.8. The average Bonchev–Trinajstić information content (AvgIpc) is 2.21. The highest BCUT2D eigenvalue weighted by molar-refractivity contribution is 5.27. The molecule has 96 valence electrons. The maximum absolute atomic E-state index is 12.9. The Morgan fingerprint density at radius 1 is 1.24 bits per heavy atom. The standard InChI is InChI=1S/C11H13F4NO/c12-9-6-8(2-3-10(9)17)7-16-5-1-4-11(13,14)15/h2-3,6,16-17H,1,4-5,7H2. The number of hydrogen-bond acceptors (Lipinski definition) is 2. The van der Waals surface area contributed by atoms with Crippen LogP contribution in [0.4, 0.5) is 17.6 Å². The Balaban J connectivity index is 2.25.